The van der Waals surface area contributed by atoms with Crippen LogP contribution in [0.1, 0.15) is 46.9 Å². The SMILES string of the molecule is O=C(OCC1c2ccccc2-c2ccccc21)OC(C1c2ccccc2-c2ccccc21)N1C(=O)CCC1=O. The Kier molecular flexibility index (Phi) is 5.55. The summed E-state index contributed by atoms with van der Waals surface area (Å²) in [5, 5.41) is 0. The molecular weight excluding hydrogens is 490 g/mol. The summed E-state index contributed by atoms with van der Waals surface area (Å²) >= 11 is 0. The zero-order valence-electron chi connectivity index (χ0n) is 21.1. The molecule has 2 aliphatic carbocycles. The van der Waals surface area contributed by atoms with Crippen LogP contribution in [0.15, 0.2) is 97.1 Å². The zero-order valence-corrected chi connectivity index (χ0v) is 21.1. The van der Waals surface area contributed by atoms with E-state index in [-0.39, 0.29) is 37.2 Å². The molecule has 0 saturated carbocycles. The molecule has 1 aliphatic heterocycles. The maximum absolute atomic E-state index is 13.3. The normalized spacial score (nSPS) is 16.5. The summed E-state index contributed by atoms with van der Waals surface area (Å²) in [4.78, 5) is 40.2. The van der Waals surface area contributed by atoms with Gasteiger partial charge in [0, 0.05) is 18.8 Å². The lowest BCUT2D eigenvalue weighted by Crippen LogP contribution is -2.46. The summed E-state index contributed by atoms with van der Waals surface area (Å²) in [6.45, 7) is 0.0827. The van der Waals surface area contributed by atoms with Gasteiger partial charge in [0.25, 0.3) is 0 Å². The number of imide groups is 1. The number of hydrogen-bond donors (Lipinski definition) is 0. The molecule has 0 spiro atoms. The molecule has 7 rings (SSSR count). The van der Waals surface area contributed by atoms with Crippen molar-refractivity contribution in [2.24, 2.45) is 0 Å². The molecule has 4 aromatic carbocycles. The van der Waals surface area contributed by atoms with Crippen LogP contribution in [0.4, 0.5) is 4.79 Å². The Bertz CT molecular complexity index is 1540. The van der Waals surface area contributed by atoms with Gasteiger partial charge in [0.1, 0.15) is 6.61 Å². The summed E-state index contributed by atoms with van der Waals surface area (Å²) in [5.41, 5.74) is 8.24. The lowest BCUT2D eigenvalue weighted by atomic mass is 9.94. The number of likely N-dealkylation sites (tertiary alicyclic amines) is 1. The molecule has 3 aliphatic rings. The van der Waals surface area contributed by atoms with Crippen LogP contribution in [0.3, 0.4) is 0 Å². The van der Waals surface area contributed by atoms with E-state index in [1.807, 2.05) is 84.9 Å². The van der Waals surface area contributed by atoms with Gasteiger partial charge in [-0.3, -0.25) is 9.59 Å². The average molecular weight is 516 g/mol. The van der Waals surface area contributed by atoms with Crippen LogP contribution in [-0.4, -0.2) is 35.7 Å². The molecular formula is C33H25NO5. The van der Waals surface area contributed by atoms with E-state index in [0.717, 1.165) is 49.4 Å². The van der Waals surface area contributed by atoms with E-state index in [1.165, 1.54) is 0 Å². The predicted molar refractivity (Wildman–Crippen MR) is 145 cm³/mol. The van der Waals surface area contributed by atoms with Gasteiger partial charge in [-0.05, 0) is 44.5 Å². The highest BCUT2D eigenvalue weighted by Gasteiger charge is 2.46. The first-order valence-corrected chi connectivity index (χ1v) is 13.2. The topological polar surface area (TPSA) is 72.9 Å². The molecule has 0 aromatic heterocycles. The summed E-state index contributed by atoms with van der Waals surface area (Å²) in [6, 6.07) is 31.8. The van der Waals surface area contributed by atoms with Crippen LogP contribution < -0.4 is 0 Å². The Hall–Kier alpha value is -4.71. The molecule has 6 heteroatoms. The van der Waals surface area contributed by atoms with Crippen LogP contribution in [0, 0.1) is 0 Å². The highest BCUT2D eigenvalue weighted by Crippen LogP contribution is 2.48. The van der Waals surface area contributed by atoms with Crippen LogP contribution in [-0.2, 0) is 19.1 Å². The second kappa shape index (κ2) is 9.24. The predicted octanol–water partition coefficient (Wildman–Crippen LogP) is 6.24. The maximum Gasteiger partial charge on any atom is 0.510 e. The Morgan fingerprint density at radius 3 is 1.56 bits per heavy atom. The molecule has 4 aromatic rings. The van der Waals surface area contributed by atoms with Gasteiger partial charge in [-0.2, -0.15) is 0 Å². The number of hydrogen-bond acceptors (Lipinski definition) is 5. The summed E-state index contributed by atoms with van der Waals surface area (Å²) < 4.78 is 11.7. The molecule has 1 unspecified atom stereocenters. The standard InChI is InChI=1S/C33H25NO5/c35-29-17-18-30(36)34(29)32(31-26-15-7-5-11-22(26)23-12-6-8-16-27(23)31)39-33(37)38-19-28-24-13-3-1-9-20(24)21-10-2-4-14-25(21)28/h1-16,28,31-32H,17-19H2. The minimum absolute atomic E-state index is 0.0827. The molecule has 1 fully saturated rings. The van der Waals surface area contributed by atoms with Crippen molar-refractivity contribution in [3.05, 3.63) is 119 Å². The zero-order chi connectivity index (χ0) is 26.5. The molecule has 2 amide bonds. The summed E-state index contributed by atoms with van der Waals surface area (Å²) in [6.07, 6.45) is -1.86. The van der Waals surface area contributed by atoms with Gasteiger partial charge >= 0.3 is 6.16 Å². The van der Waals surface area contributed by atoms with Crippen molar-refractivity contribution in [1.29, 1.82) is 0 Å². The number of amides is 2. The largest absolute Gasteiger partial charge is 0.510 e. The van der Waals surface area contributed by atoms with Crippen molar-refractivity contribution in [3.63, 3.8) is 0 Å². The Morgan fingerprint density at radius 2 is 1.08 bits per heavy atom. The second-order valence-electron chi connectivity index (χ2n) is 10.1. The fourth-order valence-electron chi connectivity index (χ4n) is 6.37. The molecule has 0 N–H and O–H groups in total. The van der Waals surface area contributed by atoms with E-state index in [1.54, 1.807) is 0 Å². The average Bonchev–Trinajstić information content (AvgIpc) is 3.60. The molecule has 1 saturated heterocycles. The van der Waals surface area contributed by atoms with Gasteiger partial charge in [0.05, 0.1) is 5.92 Å². The fourth-order valence-corrected chi connectivity index (χ4v) is 6.37. The molecule has 192 valence electrons. The van der Waals surface area contributed by atoms with E-state index in [0.29, 0.717) is 0 Å². The highest BCUT2D eigenvalue weighted by atomic mass is 16.7. The smallest absolute Gasteiger partial charge is 0.433 e. The molecule has 0 bridgehead atoms. The van der Waals surface area contributed by atoms with Gasteiger partial charge < -0.3 is 9.47 Å². The fraction of sp³-hybridized carbons (Fsp3) is 0.182. The molecule has 0 radical (unpaired) electrons. The van der Waals surface area contributed by atoms with Gasteiger partial charge in [0.2, 0.25) is 11.8 Å². The minimum Gasteiger partial charge on any atom is -0.433 e. The van der Waals surface area contributed by atoms with Crippen LogP contribution in [0.25, 0.3) is 22.3 Å². The number of carbonyl (C=O) groups excluding carboxylic acids is 3. The lowest BCUT2D eigenvalue weighted by molar-refractivity contribution is -0.151. The maximum atomic E-state index is 13.3. The summed E-state index contributed by atoms with van der Waals surface area (Å²) in [7, 11) is 0. The van der Waals surface area contributed by atoms with Gasteiger partial charge in [-0.25, -0.2) is 9.69 Å². The van der Waals surface area contributed by atoms with Crippen LogP contribution in [0.2, 0.25) is 0 Å². The first kappa shape index (κ1) is 23.4. The number of ether oxygens (including phenoxy) is 2. The van der Waals surface area contributed by atoms with Crippen LogP contribution in [0.5, 0.6) is 0 Å². The van der Waals surface area contributed by atoms with E-state index >= 15 is 0 Å². The first-order chi connectivity index (χ1) is 19.1. The van der Waals surface area contributed by atoms with E-state index in [4.69, 9.17) is 9.47 Å². The Balaban J connectivity index is 1.20. The quantitative estimate of drug-likeness (QED) is 0.232. The minimum atomic E-state index is -1.15. The number of carbonyl (C=O) groups is 3. The highest BCUT2D eigenvalue weighted by molar-refractivity contribution is 6.02. The number of nitrogens with zero attached hydrogens (tertiary/aromatic N) is 1. The van der Waals surface area contributed by atoms with Crippen molar-refractivity contribution in [3.8, 4) is 22.3 Å². The second-order valence-corrected chi connectivity index (χ2v) is 10.1. The molecule has 1 atom stereocenters. The van der Waals surface area contributed by atoms with E-state index in [2.05, 4.69) is 12.1 Å². The van der Waals surface area contributed by atoms with E-state index in [9.17, 15) is 14.4 Å². The molecule has 1 heterocycles. The number of rotatable bonds is 5. The van der Waals surface area contributed by atoms with Crippen molar-refractivity contribution >= 4 is 18.0 Å². The third-order valence-electron chi connectivity index (χ3n) is 8.06. The van der Waals surface area contributed by atoms with Crippen molar-refractivity contribution < 1.29 is 23.9 Å². The number of benzene rings is 4. The van der Waals surface area contributed by atoms with Gasteiger partial charge in [-0.15, -0.1) is 0 Å². The first-order valence-electron chi connectivity index (χ1n) is 13.2. The third kappa shape index (κ3) is 3.75. The molecule has 39 heavy (non-hydrogen) atoms. The summed E-state index contributed by atoms with van der Waals surface area (Å²) in [5.74, 6) is -1.34. The van der Waals surface area contributed by atoms with Crippen molar-refractivity contribution in [1.82, 2.24) is 4.90 Å². The Morgan fingerprint density at radius 1 is 0.667 bits per heavy atom. The van der Waals surface area contributed by atoms with Gasteiger partial charge in [-0.1, -0.05) is 97.1 Å². The van der Waals surface area contributed by atoms with Gasteiger partial charge in [0.15, 0.2) is 6.23 Å². The lowest BCUT2D eigenvalue weighted by Gasteiger charge is -2.31. The van der Waals surface area contributed by atoms with E-state index < -0.39 is 18.3 Å². The third-order valence-corrected chi connectivity index (χ3v) is 8.06. The van der Waals surface area contributed by atoms with Crippen molar-refractivity contribution in [2.45, 2.75) is 30.9 Å². The van der Waals surface area contributed by atoms with Crippen LogP contribution >= 0.6 is 0 Å². The molecule has 6 nitrogen and oxygen atoms in total. The van der Waals surface area contributed by atoms with Crippen molar-refractivity contribution in [2.75, 3.05) is 6.61 Å². The monoisotopic (exact) mass is 515 g/mol. The number of fused-ring (bicyclic) bond motifs is 6. The Labute approximate surface area is 225 Å².